The molecule has 0 spiro atoms. The summed E-state index contributed by atoms with van der Waals surface area (Å²) in [5, 5.41) is 9.63. The van der Waals surface area contributed by atoms with Gasteiger partial charge in [0.2, 0.25) is 6.71 Å². The van der Waals surface area contributed by atoms with Crippen molar-refractivity contribution in [1.82, 2.24) is 0 Å². The zero-order valence-electron chi connectivity index (χ0n) is 30.6. The van der Waals surface area contributed by atoms with E-state index in [9.17, 15) is 5.11 Å². The first kappa shape index (κ1) is 33.8. The largest absolute Gasteiger partial charge is 0.392 e. The van der Waals surface area contributed by atoms with E-state index in [4.69, 9.17) is 0 Å². The van der Waals surface area contributed by atoms with E-state index in [2.05, 4.69) is 166 Å². The molecule has 6 rings (SSSR count). The van der Waals surface area contributed by atoms with Crippen LogP contribution < -0.4 is 16.4 Å². The van der Waals surface area contributed by atoms with Crippen LogP contribution in [0.3, 0.4) is 0 Å². The summed E-state index contributed by atoms with van der Waals surface area (Å²) in [4.78, 5) is 0. The van der Waals surface area contributed by atoms with E-state index >= 15 is 0 Å². The Kier molecular flexibility index (Phi) is 8.71. The molecule has 0 saturated heterocycles. The first-order chi connectivity index (χ1) is 22.5. The number of aliphatic hydroxyl groups is 1. The third kappa shape index (κ3) is 6.61. The van der Waals surface area contributed by atoms with E-state index in [1.165, 1.54) is 66.5 Å². The molecule has 1 N–H and O–H groups in total. The molecule has 0 fully saturated rings. The number of hydrogen-bond donors (Lipinski definition) is 1. The molecule has 0 amide bonds. The van der Waals surface area contributed by atoms with Gasteiger partial charge >= 0.3 is 0 Å². The van der Waals surface area contributed by atoms with E-state index in [0.717, 1.165) is 11.1 Å². The highest BCUT2D eigenvalue weighted by Crippen LogP contribution is 2.35. The normalized spacial score (nSPS) is 13.3. The Hall–Kier alpha value is -4.14. The molecule has 0 bridgehead atoms. The van der Waals surface area contributed by atoms with Gasteiger partial charge in [0.1, 0.15) is 0 Å². The molecule has 48 heavy (non-hydrogen) atoms. The number of aryl methyl sites for hydroxylation is 1. The number of rotatable bonds is 4. The van der Waals surface area contributed by atoms with Crippen molar-refractivity contribution in [3.8, 4) is 22.3 Å². The molecule has 1 nitrogen and oxygen atoms in total. The SMILES string of the molecule is Cc1ccc(-c2ccc3c(c2)C=Cc2cc(-c4ccc(CO)cc4)ccc2B3c2c(C(C)(C)C)cc(C(C)(C)C)cc2C(C)(C)C)cc1. The fourth-order valence-corrected chi connectivity index (χ4v) is 7.17. The monoisotopic (exact) mass is 630 g/mol. The van der Waals surface area contributed by atoms with E-state index < -0.39 is 0 Å². The van der Waals surface area contributed by atoms with Crippen LogP contribution in [0.4, 0.5) is 0 Å². The zero-order chi connectivity index (χ0) is 34.6. The highest BCUT2D eigenvalue weighted by molar-refractivity contribution is 6.97. The minimum absolute atomic E-state index is 0.0305. The summed E-state index contributed by atoms with van der Waals surface area (Å²) in [6.07, 6.45) is 4.66. The van der Waals surface area contributed by atoms with E-state index in [1.54, 1.807) is 0 Å². The molecule has 244 valence electrons. The molecule has 1 heterocycles. The van der Waals surface area contributed by atoms with Crippen molar-refractivity contribution < 1.29 is 5.11 Å². The zero-order valence-corrected chi connectivity index (χ0v) is 30.6. The van der Waals surface area contributed by atoms with Crippen LogP contribution in [0.25, 0.3) is 34.4 Å². The molecular weight excluding hydrogens is 579 g/mol. The second kappa shape index (κ2) is 12.4. The average Bonchev–Trinajstić information content (AvgIpc) is 3.19. The summed E-state index contributed by atoms with van der Waals surface area (Å²) < 4.78 is 0. The summed E-state index contributed by atoms with van der Waals surface area (Å²) >= 11 is 0. The highest BCUT2D eigenvalue weighted by atomic mass is 16.3. The number of benzene rings is 5. The summed E-state index contributed by atoms with van der Waals surface area (Å²) in [7, 11) is 0. The third-order valence-electron chi connectivity index (χ3n) is 10.0. The molecule has 0 radical (unpaired) electrons. The maximum Gasteiger partial charge on any atom is 0.243 e. The lowest BCUT2D eigenvalue weighted by molar-refractivity contribution is 0.282. The van der Waals surface area contributed by atoms with Gasteiger partial charge in [-0.2, -0.15) is 0 Å². The van der Waals surface area contributed by atoms with E-state index in [-0.39, 0.29) is 29.6 Å². The number of hydrogen-bond acceptors (Lipinski definition) is 1. The molecule has 0 aliphatic carbocycles. The Bertz CT molecular complexity index is 1950. The van der Waals surface area contributed by atoms with E-state index in [1.807, 2.05) is 12.1 Å². The predicted molar refractivity (Wildman–Crippen MR) is 211 cm³/mol. The van der Waals surface area contributed by atoms with Crippen LogP contribution in [0.1, 0.15) is 101 Å². The van der Waals surface area contributed by atoms with Crippen molar-refractivity contribution in [2.45, 2.75) is 92.1 Å². The fourth-order valence-electron chi connectivity index (χ4n) is 7.17. The summed E-state index contributed by atoms with van der Waals surface area (Å²) in [5.74, 6) is 0. The van der Waals surface area contributed by atoms with Crippen molar-refractivity contribution in [3.05, 3.63) is 136 Å². The van der Waals surface area contributed by atoms with E-state index in [0.29, 0.717) is 0 Å². The van der Waals surface area contributed by atoms with Crippen LogP contribution >= 0.6 is 0 Å². The Labute approximate surface area is 289 Å². The van der Waals surface area contributed by atoms with Gasteiger partial charge in [-0.05, 0) is 90.9 Å². The summed E-state index contributed by atoms with van der Waals surface area (Å²) in [5.41, 5.74) is 17.8. The van der Waals surface area contributed by atoms with Crippen LogP contribution in [0, 0.1) is 6.92 Å². The van der Waals surface area contributed by atoms with Crippen LogP contribution in [-0.2, 0) is 22.9 Å². The molecular formula is C46H51BO. The molecule has 0 atom stereocenters. The molecule has 1 aliphatic rings. The van der Waals surface area contributed by atoms with Gasteiger partial charge in [0.05, 0.1) is 6.61 Å². The molecule has 0 unspecified atom stereocenters. The van der Waals surface area contributed by atoms with Crippen molar-refractivity contribution in [2.75, 3.05) is 0 Å². The second-order valence-electron chi connectivity index (χ2n) is 16.9. The van der Waals surface area contributed by atoms with Crippen LogP contribution in [0.2, 0.25) is 0 Å². The summed E-state index contributed by atoms with van der Waals surface area (Å²) in [6, 6.07) is 36.3. The standard InChI is InChI=1S/C46H51BO/c1-30-11-15-32(16-12-30)34-21-23-41-36(25-34)19-20-37-26-35(33-17-13-31(29-48)14-18-33)22-24-42(37)47(41)43-39(45(5,6)7)27-38(44(2,3)4)28-40(43)46(8,9)10/h11-28,48H,29H2,1-10H3. The summed E-state index contributed by atoms with van der Waals surface area (Å²) in [6.45, 7) is 23.5. The lowest BCUT2D eigenvalue weighted by Gasteiger charge is -2.36. The molecule has 2 heteroatoms. The predicted octanol–water partition coefficient (Wildman–Crippen LogP) is 9.71. The fraction of sp³-hybridized carbons (Fsp3) is 0.304. The number of aliphatic hydroxyl groups excluding tert-OH is 1. The van der Waals surface area contributed by atoms with Gasteiger partial charge in [0.25, 0.3) is 0 Å². The highest BCUT2D eigenvalue weighted by Gasteiger charge is 2.37. The van der Waals surface area contributed by atoms with Crippen molar-refractivity contribution in [3.63, 3.8) is 0 Å². The Morgan fingerprint density at radius 2 is 0.917 bits per heavy atom. The number of fused-ring (bicyclic) bond motifs is 2. The van der Waals surface area contributed by atoms with Crippen LogP contribution in [0.15, 0.2) is 97.1 Å². The van der Waals surface area contributed by atoms with Gasteiger partial charge in [0, 0.05) is 0 Å². The van der Waals surface area contributed by atoms with Gasteiger partial charge in [-0.3, -0.25) is 0 Å². The van der Waals surface area contributed by atoms with Gasteiger partial charge in [-0.1, -0.05) is 181 Å². The maximum atomic E-state index is 9.63. The molecule has 5 aromatic rings. The lowest BCUT2D eigenvalue weighted by atomic mass is 9.33. The Morgan fingerprint density at radius 3 is 1.31 bits per heavy atom. The molecule has 5 aromatic carbocycles. The smallest absolute Gasteiger partial charge is 0.243 e. The first-order valence-electron chi connectivity index (χ1n) is 17.5. The lowest BCUT2D eigenvalue weighted by Crippen LogP contribution is -2.58. The Balaban J connectivity index is 1.67. The Morgan fingerprint density at radius 1 is 0.500 bits per heavy atom. The minimum Gasteiger partial charge on any atom is -0.392 e. The average molecular weight is 631 g/mol. The van der Waals surface area contributed by atoms with Gasteiger partial charge in [0.15, 0.2) is 0 Å². The second-order valence-corrected chi connectivity index (χ2v) is 16.9. The topological polar surface area (TPSA) is 20.2 Å². The first-order valence-corrected chi connectivity index (χ1v) is 17.5. The van der Waals surface area contributed by atoms with Crippen molar-refractivity contribution >= 4 is 35.3 Å². The molecule has 1 aliphatic heterocycles. The molecule has 0 aromatic heterocycles. The van der Waals surface area contributed by atoms with Crippen LogP contribution in [0.5, 0.6) is 0 Å². The molecule has 0 saturated carbocycles. The van der Waals surface area contributed by atoms with Gasteiger partial charge < -0.3 is 5.11 Å². The maximum absolute atomic E-state index is 9.63. The van der Waals surface area contributed by atoms with Gasteiger partial charge in [-0.15, -0.1) is 0 Å². The minimum atomic E-state index is -0.0626. The van der Waals surface area contributed by atoms with Crippen molar-refractivity contribution in [1.29, 1.82) is 0 Å². The van der Waals surface area contributed by atoms with Crippen LogP contribution in [-0.4, -0.2) is 11.8 Å². The van der Waals surface area contributed by atoms with Gasteiger partial charge in [-0.25, -0.2) is 0 Å². The quantitative estimate of drug-likeness (QED) is 0.192. The third-order valence-corrected chi connectivity index (χ3v) is 10.0. The van der Waals surface area contributed by atoms with Crippen molar-refractivity contribution in [2.24, 2.45) is 0 Å².